The highest BCUT2D eigenvalue weighted by atomic mass is 35.5. The highest BCUT2D eigenvalue weighted by molar-refractivity contribution is 7.89. The second-order valence-corrected chi connectivity index (χ2v) is 9.00. The molecular formula is C20H17ClN2O5S. The third kappa shape index (κ3) is 3.78. The second-order valence-electron chi connectivity index (χ2n) is 6.62. The van der Waals surface area contributed by atoms with Gasteiger partial charge in [-0.05, 0) is 36.4 Å². The van der Waals surface area contributed by atoms with Crippen LogP contribution in [0.4, 0.5) is 0 Å². The number of para-hydroxylation sites is 1. The second kappa shape index (κ2) is 7.62. The van der Waals surface area contributed by atoms with Crippen molar-refractivity contribution >= 4 is 38.5 Å². The van der Waals surface area contributed by atoms with Gasteiger partial charge in [0, 0.05) is 37.3 Å². The van der Waals surface area contributed by atoms with Gasteiger partial charge in [0.15, 0.2) is 11.2 Å². The van der Waals surface area contributed by atoms with E-state index in [-0.39, 0.29) is 42.3 Å². The quantitative estimate of drug-likeness (QED) is 0.634. The molecule has 150 valence electrons. The molecule has 1 saturated heterocycles. The molecule has 3 aromatic rings. The summed E-state index contributed by atoms with van der Waals surface area (Å²) in [7, 11) is -3.66. The molecule has 0 bridgehead atoms. The normalized spacial score (nSPS) is 15.6. The predicted molar refractivity (Wildman–Crippen MR) is 109 cm³/mol. The van der Waals surface area contributed by atoms with Crippen LogP contribution in [-0.2, 0) is 10.0 Å². The largest absolute Gasteiger partial charge is 0.451 e. The van der Waals surface area contributed by atoms with Gasteiger partial charge in [-0.1, -0.05) is 23.7 Å². The maximum atomic E-state index is 12.8. The number of fused-ring (bicyclic) bond motifs is 1. The van der Waals surface area contributed by atoms with Gasteiger partial charge in [-0.25, -0.2) is 8.42 Å². The number of hydrogen-bond donors (Lipinski definition) is 0. The Kier molecular flexibility index (Phi) is 5.16. The van der Waals surface area contributed by atoms with Gasteiger partial charge in [-0.2, -0.15) is 4.31 Å². The van der Waals surface area contributed by atoms with E-state index in [1.807, 2.05) is 0 Å². The van der Waals surface area contributed by atoms with Crippen molar-refractivity contribution in [1.29, 1.82) is 0 Å². The lowest BCUT2D eigenvalue weighted by Gasteiger charge is -2.33. The molecule has 1 amide bonds. The number of sulfonamides is 1. The van der Waals surface area contributed by atoms with Crippen LogP contribution in [0.25, 0.3) is 11.0 Å². The number of nitrogens with zero attached hydrogens (tertiary/aromatic N) is 2. The first-order valence-corrected chi connectivity index (χ1v) is 10.8. The number of halogens is 1. The van der Waals surface area contributed by atoms with E-state index in [0.29, 0.717) is 16.0 Å². The van der Waals surface area contributed by atoms with E-state index in [1.165, 1.54) is 39.5 Å². The minimum Gasteiger partial charge on any atom is -0.451 e. The zero-order valence-electron chi connectivity index (χ0n) is 15.2. The van der Waals surface area contributed by atoms with Crippen molar-refractivity contribution in [3.63, 3.8) is 0 Å². The third-order valence-corrected chi connectivity index (χ3v) is 6.99. The van der Waals surface area contributed by atoms with E-state index in [4.69, 9.17) is 16.0 Å². The molecule has 0 N–H and O–H groups in total. The Morgan fingerprint density at radius 2 is 1.62 bits per heavy atom. The third-order valence-electron chi connectivity index (χ3n) is 4.82. The van der Waals surface area contributed by atoms with Crippen molar-refractivity contribution < 1.29 is 17.6 Å². The Labute approximate surface area is 172 Å². The summed E-state index contributed by atoms with van der Waals surface area (Å²) in [5, 5.41) is 0.860. The summed E-state index contributed by atoms with van der Waals surface area (Å²) in [6.45, 7) is 0.688. The summed E-state index contributed by atoms with van der Waals surface area (Å²) < 4.78 is 32.4. The molecule has 0 atom stereocenters. The van der Waals surface area contributed by atoms with Crippen molar-refractivity contribution in [2.45, 2.75) is 4.90 Å². The summed E-state index contributed by atoms with van der Waals surface area (Å²) in [5.41, 5.74) is 0.0476. The van der Waals surface area contributed by atoms with Crippen molar-refractivity contribution in [1.82, 2.24) is 9.21 Å². The van der Waals surface area contributed by atoms with Gasteiger partial charge in [-0.3, -0.25) is 9.59 Å². The van der Waals surface area contributed by atoms with E-state index >= 15 is 0 Å². The number of amides is 1. The fourth-order valence-electron chi connectivity index (χ4n) is 3.25. The Balaban J connectivity index is 1.50. The maximum Gasteiger partial charge on any atom is 0.289 e. The zero-order chi connectivity index (χ0) is 20.6. The Morgan fingerprint density at radius 3 is 2.31 bits per heavy atom. The van der Waals surface area contributed by atoms with Crippen molar-refractivity contribution in [3.8, 4) is 0 Å². The lowest BCUT2D eigenvalue weighted by Crippen LogP contribution is -2.50. The van der Waals surface area contributed by atoms with Crippen LogP contribution in [0.2, 0.25) is 5.02 Å². The average Bonchev–Trinajstić information content (AvgIpc) is 2.73. The lowest BCUT2D eigenvalue weighted by atomic mass is 10.2. The van der Waals surface area contributed by atoms with Crippen LogP contribution in [-0.4, -0.2) is 49.7 Å². The Bertz CT molecular complexity index is 1230. The average molecular weight is 433 g/mol. The minimum absolute atomic E-state index is 0.0530. The highest BCUT2D eigenvalue weighted by Gasteiger charge is 2.31. The van der Waals surface area contributed by atoms with Crippen LogP contribution >= 0.6 is 11.6 Å². The standard InChI is InChI=1S/C20H17ClN2O5S/c21-14-5-7-15(8-6-14)29(26,27)23-11-9-22(10-12-23)20(25)19-13-17(24)16-3-1-2-4-18(16)28-19/h1-8,13H,9-12H2. The van der Waals surface area contributed by atoms with E-state index in [1.54, 1.807) is 24.3 Å². The molecule has 0 spiro atoms. The monoisotopic (exact) mass is 432 g/mol. The van der Waals surface area contributed by atoms with Gasteiger partial charge < -0.3 is 9.32 Å². The molecule has 7 nitrogen and oxygen atoms in total. The number of hydrogen-bond acceptors (Lipinski definition) is 5. The molecule has 1 aromatic heterocycles. The van der Waals surface area contributed by atoms with Crippen molar-refractivity contribution in [2.24, 2.45) is 0 Å². The lowest BCUT2D eigenvalue weighted by molar-refractivity contribution is 0.0666. The number of carbonyl (C=O) groups excluding carboxylic acids is 1. The molecule has 4 rings (SSSR count). The van der Waals surface area contributed by atoms with Gasteiger partial charge in [0.05, 0.1) is 10.3 Å². The first kappa shape index (κ1) is 19.6. The maximum absolute atomic E-state index is 12.8. The number of carbonyl (C=O) groups is 1. The molecule has 0 saturated carbocycles. The van der Waals surface area contributed by atoms with Gasteiger partial charge in [0.1, 0.15) is 5.58 Å². The van der Waals surface area contributed by atoms with Crippen LogP contribution in [0, 0.1) is 0 Å². The first-order valence-electron chi connectivity index (χ1n) is 8.94. The SMILES string of the molecule is O=C(c1cc(=O)c2ccccc2o1)N1CCN(S(=O)(=O)c2ccc(Cl)cc2)CC1. The van der Waals surface area contributed by atoms with E-state index in [9.17, 15) is 18.0 Å². The topological polar surface area (TPSA) is 87.9 Å². The number of benzene rings is 2. The number of rotatable bonds is 3. The molecule has 2 aromatic carbocycles. The van der Waals surface area contributed by atoms with E-state index < -0.39 is 15.9 Å². The fraction of sp³-hybridized carbons (Fsp3) is 0.200. The van der Waals surface area contributed by atoms with Gasteiger partial charge in [-0.15, -0.1) is 0 Å². The smallest absolute Gasteiger partial charge is 0.289 e. The summed E-state index contributed by atoms with van der Waals surface area (Å²) in [4.78, 5) is 26.6. The Hall–Kier alpha value is -2.68. The highest BCUT2D eigenvalue weighted by Crippen LogP contribution is 2.21. The summed E-state index contributed by atoms with van der Waals surface area (Å²) in [6.07, 6.45) is 0. The minimum atomic E-state index is -3.66. The van der Waals surface area contributed by atoms with Crippen LogP contribution in [0.5, 0.6) is 0 Å². The molecule has 2 heterocycles. The molecule has 0 unspecified atom stereocenters. The first-order chi connectivity index (χ1) is 13.9. The van der Waals surface area contributed by atoms with Crippen LogP contribution in [0.3, 0.4) is 0 Å². The van der Waals surface area contributed by atoms with E-state index in [2.05, 4.69) is 0 Å². The molecule has 1 aliphatic rings. The van der Waals surface area contributed by atoms with Gasteiger partial charge in [0.2, 0.25) is 10.0 Å². The molecule has 29 heavy (non-hydrogen) atoms. The molecule has 1 aliphatic heterocycles. The van der Waals surface area contributed by atoms with Crippen LogP contribution in [0.1, 0.15) is 10.6 Å². The summed E-state index contributed by atoms with van der Waals surface area (Å²) in [6, 6.07) is 13.9. The summed E-state index contributed by atoms with van der Waals surface area (Å²) in [5.74, 6) is -0.487. The molecule has 0 aliphatic carbocycles. The zero-order valence-corrected chi connectivity index (χ0v) is 16.8. The fourth-order valence-corrected chi connectivity index (χ4v) is 4.80. The van der Waals surface area contributed by atoms with Crippen molar-refractivity contribution in [2.75, 3.05) is 26.2 Å². The molecule has 1 fully saturated rings. The molecule has 9 heteroatoms. The summed E-state index contributed by atoms with van der Waals surface area (Å²) >= 11 is 5.82. The molecule has 0 radical (unpaired) electrons. The van der Waals surface area contributed by atoms with Gasteiger partial charge >= 0.3 is 0 Å². The van der Waals surface area contributed by atoms with Gasteiger partial charge in [0.25, 0.3) is 5.91 Å². The predicted octanol–water partition coefficient (Wildman–Crippen LogP) is 2.59. The van der Waals surface area contributed by atoms with Crippen LogP contribution in [0.15, 0.2) is 68.7 Å². The van der Waals surface area contributed by atoms with Crippen LogP contribution < -0.4 is 5.43 Å². The van der Waals surface area contributed by atoms with E-state index in [0.717, 1.165) is 0 Å². The molecular weight excluding hydrogens is 416 g/mol. The number of piperazine rings is 1. The Morgan fingerprint density at radius 1 is 0.966 bits per heavy atom. The van der Waals surface area contributed by atoms with Crippen molar-refractivity contribution in [3.05, 3.63) is 75.6 Å².